The molecule has 4 nitrogen and oxygen atoms in total. The SMILES string of the molecule is Nc1csc(NN=Cc2ccc(Cl)c(Br)c2F)n1. The van der Waals surface area contributed by atoms with Crippen molar-refractivity contribution in [2.75, 3.05) is 11.2 Å². The zero-order chi connectivity index (χ0) is 13.1. The number of anilines is 2. The highest BCUT2D eigenvalue weighted by molar-refractivity contribution is 9.10. The fraction of sp³-hybridized carbons (Fsp3) is 0. The van der Waals surface area contributed by atoms with Crippen LogP contribution in [-0.2, 0) is 0 Å². The van der Waals surface area contributed by atoms with Crippen LogP contribution >= 0.6 is 38.9 Å². The number of benzene rings is 1. The van der Waals surface area contributed by atoms with Crippen molar-refractivity contribution in [2.45, 2.75) is 0 Å². The first-order chi connectivity index (χ1) is 8.58. The first-order valence-corrected chi connectivity index (χ1v) is 6.76. The first-order valence-electron chi connectivity index (χ1n) is 4.71. The van der Waals surface area contributed by atoms with E-state index in [2.05, 4.69) is 31.4 Å². The molecule has 0 fully saturated rings. The van der Waals surface area contributed by atoms with Gasteiger partial charge in [-0.25, -0.2) is 9.37 Å². The van der Waals surface area contributed by atoms with E-state index < -0.39 is 5.82 Å². The van der Waals surface area contributed by atoms with Crippen molar-refractivity contribution in [1.82, 2.24) is 4.98 Å². The molecule has 0 aliphatic carbocycles. The molecule has 0 unspecified atom stereocenters. The van der Waals surface area contributed by atoms with Gasteiger partial charge in [-0.15, -0.1) is 11.3 Å². The molecule has 0 atom stereocenters. The highest BCUT2D eigenvalue weighted by Crippen LogP contribution is 2.26. The third-order valence-electron chi connectivity index (χ3n) is 1.95. The average Bonchev–Trinajstić information content (AvgIpc) is 2.75. The predicted octanol–water partition coefficient (Wildman–Crippen LogP) is 3.73. The fourth-order valence-corrected chi connectivity index (χ4v) is 2.19. The lowest BCUT2D eigenvalue weighted by Crippen LogP contribution is -1.94. The van der Waals surface area contributed by atoms with E-state index in [-0.39, 0.29) is 4.47 Å². The van der Waals surface area contributed by atoms with Crippen molar-refractivity contribution in [3.63, 3.8) is 0 Å². The average molecular weight is 350 g/mol. The van der Waals surface area contributed by atoms with Gasteiger partial charge in [0.15, 0.2) is 0 Å². The normalized spacial score (nSPS) is 11.1. The van der Waals surface area contributed by atoms with E-state index in [1.807, 2.05) is 0 Å². The van der Waals surface area contributed by atoms with Gasteiger partial charge in [-0.3, -0.25) is 5.43 Å². The van der Waals surface area contributed by atoms with Gasteiger partial charge in [-0.2, -0.15) is 5.10 Å². The second-order valence-electron chi connectivity index (χ2n) is 3.21. The lowest BCUT2D eigenvalue weighted by molar-refractivity contribution is 0.619. The quantitative estimate of drug-likeness (QED) is 0.504. The number of nitrogens with two attached hydrogens (primary N) is 1. The third-order valence-corrected chi connectivity index (χ3v) is 4.03. The number of halogens is 3. The van der Waals surface area contributed by atoms with Crippen molar-refractivity contribution >= 4 is 56.0 Å². The Kier molecular flexibility index (Phi) is 4.15. The standard InChI is InChI=1S/C10H7BrClFN4S/c11-8-6(12)2-1-5(9(8)13)3-15-17-10-16-7(14)4-18-10/h1-4H,14H2,(H,16,17). The minimum Gasteiger partial charge on any atom is -0.383 e. The van der Waals surface area contributed by atoms with E-state index in [0.29, 0.717) is 21.5 Å². The number of nitrogens with zero attached hydrogens (tertiary/aromatic N) is 2. The van der Waals surface area contributed by atoms with Gasteiger partial charge in [0.1, 0.15) is 11.6 Å². The number of rotatable bonds is 3. The van der Waals surface area contributed by atoms with Gasteiger partial charge in [-0.05, 0) is 28.1 Å². The molecule has 1 aromatic carbocycles. The van der Waals surface area contributed by atoms with Gasteiger partial charge in [0.25, 0.3) is 0 Å². The molecule has 8 heteroatoms. The van der Waals surface area contributed by atoms with Gasteiger partial charge < -0.3 is 5.73 Å². The maximum atomic E-state index is 13.7. The highest BCUT2D eigenvalue weighted by atomic mass is 79.9. The molecular formula is C10H7BrClFN4S. The number of nitrogen functional groups attached to an aromatic ring is 1. The van der Waals surface area contributed by atoms with Crippen molar-refractivity contribution < 1.29 is 4.39 Å². The van der Waals surface area contributed by atoms with Crippen molar-refractivity contribution in [1.29, 1.82) is 0 Å². The number of aromatic nitrogens is 1. The molecule has 0 saturated heterocycles. The summed E-state index contributed by atoms with van der Waals surface area (Å²) >= 11 is 10.1. The Morgan fingerprint density at radius 3 is 3.00 bits per heavy atom. The molecule has 0 aliphatic rings. The summed E-state index contributed by atoms with van der Waals surface area (Å²) in [6, 6.07) is 3.11. The molecule has 1 heterocycles. The molecule has 1 aromatic heterocycles. The van der Waals surface area contributed by atoms with Crippen LogP contribution < -0.4 is 11.2 Å². The third kappa shape index (κ3) is 2.98. The zero-order valence-electron chi connectivity index (χ0n) is 8.82. The van der Waals surface area contributed by atoms with E-state index >= 15 is 0 Å². The topological polar surface area (TPSA) is 63.3 Å². The lowest BCUT2D eigenvalue weighted by Gasteiger charge is -2.01. The van der Waals surface area contributed by atoms with E-state index in [4.69, 9.17) is 17.3 Å². The Morgan fingerprint density at radius 2 is 2.33 bits per heavy atom. The van der Waals surface area contributed by atoms with Crippen LogP contribution in [0.15, 0.2) is 27.1 Å². The van der Waals surface area contributed by atoms with Crippen LogP contribution in [0.5, 0.6) is 0 Å². The van der Waals surface area contributed by atoms with Crippen LogP contribution in [0.25, 0.3) is 0 Å². The number of hydrogen-bond acceptors (Lipinski definition) is 5. The lowest BCUT2D eigenvalue weighted by atomic mass is 10.2. The Hall–Kier alpha value is -1.18. The van der Waals surface area contributed by atoms with Crippen LogP contribution in [0.2, 0.25) is 5.02 Å². The predicted molar refractivity (Wildman–Crippen MR) is 76.9 cm³/mol. The van der Waals surface area contributed by atoms with E-state index in [0.717, 1.165) is 0 Å². The number of thiazole rings is 1. The summed E-state index contributed by atoms with van der Waals surface area (Å²) in [5.41, 5.74) is 8.41. The van der Waals surface area contributed by atoms with Crippen molar-refractivity contribution in [2.24, 2.45) is 5.10 Å². The van der Waals surface area contributed by atoms with Crippen LogP contribution in [0.1, 0.15) is 5.56 Å². The summed E-state index contributed by atoms with van der Waals surface area (Å²) in [6.07, 6.45) is 1.34. The van der Waals surface area contributed by atoms with Gasteiger partial charge in [0.05, 0.1) is 15.7 Å². The minimum atomic E-state index is -0.466. The molecule has 0 amide bonds. The van der Waals surface area contributed by atoms with Gasteiger partial charge in [0.2, 0.25) is 5.13 Å². The summed E-state index contributed by atoms with van der Waals surface area (Å²) in [5, 5.41) is 6.40. The van der Waals surface area contributed by atoms with Crippen LogP contribution in [0.4, 0.5) is 15.3 Å². The summed E-state index contributed by atoms with van der Waals surface area (Å²) in [4.78, 5) is 3.94. The largest absolute Gasteiger partial charge is 0.383 e. The molecule has 2 aromatic rings. The number of hydrazone groups is 1. The Bertz CT molecular complexity index is 602. The fourth-order valence-electron chi connectivity index (χ4n) is 1.14. The molecule has 0 radical (unpaired) electrons. The van der Waals surface area contributed by atoms with E-state index in [9.17, 15) is 4.39 Å². The second kappa shape index (κ2) is 5.64. The molecule has 0 spiro atoms. The van der Waals surface area contributed by atoms with Gasteiger partial charge in [0, 0.05) is 10.9 Å². The molecule has 94 valence electrons. The highest BCUT2D eigenvalue weighted by Gasteiger charge is 2.08. The minimum absolute atomic E-state index is 0.214. The molecule has 0 aliphatic heterocycles. The molecule has 3 N–H and O–H groups in total. The number of nitrogens with one attached hydrogen (secondary N) is 1. The van der Waals surface area contributed by atoms with E-state index in [1.165, 1.54) is 23.6 Å². The summed E-state index contributed by atoms with van der Waals surface area (Å²) in [5.74, 6) is -0.0511. The second-order valence-corrected chi connectivity index (χ2v) is 5.27. The summed E-state index contributed by atoms with van der Waals surface area (Å²) in [6.45, 7) is 0. The molecule has 18 heavy (non-hydrogen) atoms. The maximum Gasteiger partial charge on any atom is 0.205 e. The zero-order valence-corrected chi connectivity index (χ0v) is 12.0. The monoisotopic (exact) mass is 348 g/mol. The van der Waals surface area contributed by atoms with Gasteiger partial charge >= 0.3 is 0 Å². The van der Waals surface area contributed by atoms with Crippen LogP contribution in [0, 0.1) is 5.82 Å². The Morgan fingerprint density at radius 1 is 1.56 bits per heavy atom. The smallest absolute Gasteiger partial charge is 0.205 e. The summed E-state index contributed by atoms with van der Waals surface area (Å²) in [7, 11) is 0. The maximum absolute atomic E-state index is 13.7. The molecule has 0 bridgehead atoms. The van der Waals surface area contributed by atoms with Crippen molar-refractivity contribution in [3.8, 4) is 0 Å². The van der Waals surface area contributed by atoms with Crippen LogP contribution in [0.3, 0.4) is 0 Å². The van der Waals surface area contributed by atoms with E-state index in [1.54, 1.807) is 11.4 Å². The van der Waals surface area contributed by atoms with Gasteiger partial charge in [-0.1, -0.05) is 11.6 Å². The van der Waals surface area contributed by atoms with Crippen LogP contribution in [-0.4, -0.2) is 11.2 Å². The molecular weight excluding hydrogens is 343 g/mol. The summed E-state index contributed by atoms with van der Waals surface area (Å²) < 4.78 is 13.9. The molecule has 0 saturated carbocycles. The molecule has 2 rings (SSSR count). The van der Waals surface area contributed by atoms with Crippen molar-refractivity contribution in [3.05, 3.63) is 38.4 Å². The number of hydrogen-bond donors (Lipinski definition) is 2. The Labute approximate surface area is 120 Å². The Balaban J connectivity index is 2.12. The first kappa shape index (κ1) is 13.3.